The molecule has 0 aliphatic carbocycles. The van der Waals surface area contributed by atoms with Crippen LogP contribution >= 0.6 is 27.3 Å². The van der Waals surface area contributed by atoms with E-state index in [1.165, 1.54) is 16.2 Å². The number of thiophene rings is 1. The van der Waals surface area contributed by atoms with Crippen LogP contribution in [0.3, 0.4) is 0 Å². The lowest BCUT2D eigenvalue weighted by Gasteiger charge is -2.33. The summed E-state index contributed by atoms with van der Waals surface area (Å²) in [6.45, 7) is 2.15. The van der Waals surface area contributed by atoms with Gasteiger partial charge in [-0.15, -0.1) is 11.3 Å². The van der Waals surface area contributed by atoms with Crippen LogP contribution in [0, 0.1) is 6.92 Å². The van der Waals surface area contributed by atoms with E-state index in [-0.39, 0.29) is 29.0 Å². The van der Waals surface area contributed by atoms with Crippen molar-refractivity contribution in [2.24, 2.45) is 7.05 Å². The molecule has 0 fully saturated rings. The molecule has 1 aliphatic heterocycles. The van der Waals surface area contributed by atoms with Gasteiger partial charge in [-0.05, 0) is 34.3 Å². The molecule has 0 spiro atoms. The van der Waals surface area contributed by atoms with E-state index in [9.17, 15) is 18.0 Å². The monoisotopic (exact) mass is 516 g/mol. The normalized spacial score (nSPS) is 18.5. The number of aromatic nitrogens is 4. The molecule has 31 heavy (non-hydrogen) atoms. The van der Waals surface area contributed by atoms with Crippen molar-refractivity contribution in [1.82, 2.24) is 24.5 Å². The van der Waals surface area contributed by atoms with Crippen LogP contribution < -0.4 is 5.32 Å². The fourth-order valence-corrected chi connectivity index (χ4v) is 4.95. The van der Waals surface area contributed by atoms with Crippen molar-refractivity contribution in [3.8, 4) is 0 Å². The summed E-state index contributed by atoms with van der Waals surface area (Å²) in [5, 5.41) is 13.2. The van der Waals surface area contributed by atoms with Gasteiger partial charge in [-0.25, -0.2) is 4.68 Å². The second kappa shape index (κ2) is 7.97. The number of fused-ring (bicyclic) bond motifs is 1. The van der Waals surface area contributed by atoms with Crippen LogP contribution in [-0.4, -0.2) is 43.6 Å². The third-order valence-electron chi connectivity index (χ3n) is 5.48. The van der Waals surface area contributed by atoms with Crippen molar-refractivity contribution in [1.29, 1.82) is 0 Å². The first-order chi connectivity index (χ1) is 14.6. The predicted molar refractivity (Wildman–Crippen MR) is 114 cm³/mol. The second-order valence-electron chi connectivity index (χ2n) is 7.50. The lowest BCUT2D eigenvalue weighted by Crippen LogP contribution is -2.35. The quantitative estimate of drug-likeness (QED) is 0.546. The molecule has 0 saturated heterocycles. The third-order valence-corrected chi connectivity index (χ3v) is 7.21. The van der Waals surface area contributed by atoms with E-state index < -0.39 is 24.2 Å². The first-order valence-corrected chi connectivity index (χ1v) is 11.1. The van der Waals surface area contributed by atoms with Crippen LogP contribution in [0.15, 0.2) is 28.2 Å². The first kappa shape index (κ1) is 21.9. The lowest BCUT2D eigenvalue weighted by molar-refractivity contribution is -0.173. The summed E-state index contributed by atoms with van der Waals surface area (Å²) in [4.78, 5) is 15.3. The molecule has 1 N–H and O–H groups in total. The number of nitrogens with one attached hydrogen (secondary N) is 1. The van der Waals surface area contributed by atoms with Crippen LogP contribution in [0.2, 0.25) is 0 Å². The first-order valence-electron chi connectivity index (χ1n) is 9.45. The summed E-state index contributed by atoms with van der Waals surface area (Å²) in [5.41, 5.74) is 1.69. The molecule has 0 saturated carbocycles. The van der Waals surface area contributed by atoms with Crippen molar-refractivity contribution in [2.45, 2.75) is 38.1 Å². The molecule has 3 aromatic rings. The van der Waals surface area contributed by atoms with Gasteiger partial charge in [0, 0.05) is 43.2 Å². The zero-order valence-electron chi connectivity index (χ0n) is 16.9. The molecule has 166 valence electrons. The van der Waals surface area contributed by atoms with Gasteiger partial charge in [0.15, 0.2) is 11.7 Å². The van der Waals surface area contributed by atoms with E-state index in [2.05, 4.69) is 31.4 Å². The highest BCUT2D eigenvalue weighted by Gasteiger charge is 2.48. The van der Waals surface area contributed by atoms with Crippen molar-refractivity contribution < 1.29 is 18.0 Å². The number of aryl methyl sites for hydroxylation is 1. The smallest absolute Gasteiger partial charge is 0.362 e. The summed E-state index contributed by atoms with van der Waals surface area (Å²) in [6, 6.07) is 1.24. The number of nitrogens with zero attached hydrogens (tertiary/aromatic N) is 5. The van der Waals surface area contributed by atoms with Gasteiger partial charge in [0.25, 0.3) is 5.91 Å². The van der Waals surface area contributed by atoms with Crippen LogP contribution in [0.1, 0.15) is 45.1 Å². The van der Waals surface area contributed by atoms with Gasteiger partial charge in [0.1, 0.15) is 5.82 Å². The maximum Gasteiger partial charge on any atom is 0.410 e. The molecule has 0 radical (unpaired) electrons. The topological polar surface area (TPSA) is 68.0 Å². The Morgan fingerprint density at radius 3 is 2.77 bits per heavy atom. The SMILES string of the molecule is Cc1c(CN(C)C(=O)c2nn3c(c2Br)N[C@@H](c2cccs2)C[C@H]3C(F)(F)F)cnn1C. The van der Waals surface area contributed by atoms with E-state index in [0.717, 1.165) is 20.8 Å². The van der Waals surface area contributed by atoms with E-state index in [1.807, 2.05) is 12.3 Å². The fraction of sp³-hybridized carbons (Fsp3) is 0.421. The second-order valence-corrected chi connectivity index (χ2v) is 9.27. The Kier molecular flexibility index (Phi) is 5.63. The number of anilines is 1. The van der Waals surface area contributed by atoms with Gasteiger partial charge in [0.2, 0.25) is 0 Å². The summed E-state index contributed by atoms with van der Waals surface area (Å²) in [5.74, 6) is -0.325. The van der Waals surface area contributed by atoms with Crippen LogP contribution in [0.4, 0.5) is 19.0 Å². The molecule has 0 unspecified atom stereocenters. The maximum atomic E-state index is 13.9. The van der Waals surface area contributed by atoms with Crippen molar-refractivity contribution in [3.05, 3.63) is 50.0 Å². The average Bonchev–Trinajstić information content (AvgIpc) is 3.43. The minimum absolute atomic E-state index is 0.0624. The number of amides is 1. The zero-order chi connectivity index (χ0) is 22.5. The minimum atomic E-state index is -4.50. The van der Waals surface area contributed by atoms with E-state index in [1.54, 1.807) is 37.1 Å². The van der Waals surface area contributed by atoms with Gasteiger partial charge in [-0.2, -0.15) is 23.4 Å². The van der Waals surface area contributed by atoms with E-state index in [0.29, 0.717) is 0 Å². The largest absolute Gasteiger partial charge is 0.410 e. The average molecular weight is 517 g/mol. The Balaban J connectivity index is 1.67. The van der Waals surface area contributed by atoms with Crippen LogP contribution in [0.25, 0.3) is 0 Å². The van der Waals surface area contributed by atoms with E-state index >= 15 is 0 Å². The predicted octanol–water partition coefficient (Wildman–Crippen LogP) is 4.68. The highest BCUT2D eigenvalue weighted by Crippen LogP contribution is 2.47. The number of hydrogen-bond acceptors (Lipinski definition) is 5. The van der Waals surface area contributed by atoms with Gasteiger partial charge in [-0.1, -0.05) is 6.07 Å². The van der Waals surface area contributed by atoms with Crippen molar-refractivity contribution in [3.63, 3.8) is 0 Å². The Hall–Kier alpha value is -2.34. The highest BCUT2D eigenvalue weighted by molar-refractivity contribution is 9.10. The molecule has 4 heterocycles. The van der Waals surface area contributed by atoms with Gasteiger partial charge in [-0.3, -0.25) is 9.48 Å². The van der Waals surface area contributed by atoms with Crippen molar-refractivity contribution in [2.75, 3.05) is 12.4 Å². The summed E-state index contributed by atoms with van der Waals surface area (Å²) in [7, 11) is 3.39. The highest BCUT2D eigenvalue weighted by atomic mass is 79.9. The number of carbonyl (C=O) groups excluding carboxylic acids is 1. The summed E-state index contributed by atoms with van der Waals surface area (Å²) in [6.07, 6.45) is -3.04. The summed E-state index contributed by atoms with van der Waals surface area (Å²) >= 11 is 4.71. The van der Waals surface area contributed by atoms with E-state index in [4.69, 9.17) is 0 Å². The number of hydrogen-bond donors (Lipinski definition) is 1. The van der Waals surface area contributed by atoms with Crippen LogP contribution in [0.5, 0.6) is 0 Å². The van der Waals surface area contributed by atoms with Gasteiger partial charge in [0.05, 0.1) is 16.7 Å². The number of alkyl halides is 3. The Labute approximate surface area is 189 Å². The minimum Gasteiger partial charge on any atom is -0.362 e. The molecular formula is C19H20BrF3N6OS. The molecule has 4 rings (SSSR count). The van der Waals surface area contributed by atoms with Gasteiger partial charge >= 0.3 is 6.18 Å². The molecule has 1 aliphatic rings. The molecule has 2 atom stereocenters. The molecule has 7 nitrogen and oxygen atoms in total. The van der Waals surface area contributed by atoms with Crippen LogP contribution in [-0.2, 0) is 13.6 Å². The van der Waals surface area contributed by atoms with Crippen molar-refractivity contribution >= 4 is 39.0 Å². The molecule has 3 aromatic heterocycles. The summed E-state index contributed by atoms with van der Waals surface area (Å²) < 4.78 is 44.4. The zero-order valence-corrected chi connectivity index (χ0v) is 19.3. The molecular weight excluding hydrogens is 497 g/mol. The maximum absolute atomic E-state index is 13.9. The molecule has 0 aromatic carbocycles. The number of rotatable bonds is 4. The standard InChI is InChI=1S/C19H20BrF3N6OS/c1-10-11(8-24-28(10)3)9-27(2)18(30)16-15(20)17-25-12(13-5-4-6-31-13)7-14(19(21,22)23)29(17)26-16/h4-6,8,12,14,25H,7,9H2,1-3H3/t12-,14+/m1/s1. The lowest BCUT2D eigenvalue weighted by atomic mass is 10.0. The van der Waals surface area contributed by atoms with Gasteiger partial charge < -0.3 is 10.2 Å². The Morgan fingerprint density at radius 2 is 2.19 bits per heavy atom. The molecule has 1 amide bonds. The number of carbonyl (C=O) groups is 1. The third kappa shape index (κ3) is 3.98. The molecule has 12 heteroatoms. The fourth-order valence-electron chi connectivity index (χ4n) is 3.61. The Bertz CT molecular complexity index is 1110. The number of halogens is 4. The Morgan fingerprint density at radius 1 is 1.45 bits per heavy atom. The molecule has 0 bridgehead atoms.